The van der Waals surface area contributed by atoms with Crippen LogP contribution in [0.4, 0.5) is 0 Å². The normalized spacial score (nSPS) is 13.4. The van der Waals surface area contributed by atoms with Crippen molar-refractivity contribution in [3.05, 3.63) is 50.6 Å². The van der Waals surface area contributed by atoms with Gasteiger partial charge in [-0.05, 0) is 69.1 Å². The second kappa shape index (κ2) is 11.9. The number of carbonyl (C=O) groups is 2. The molecule has 1 aliphatic carbocycles. The largest absolute Gasteiger partial charge is 0.550 e. The van der Waals surface area contributed by atoms with E-state index >= 15 is 0 Å². The van der Waals surface area contributed by atoms with E-state index < -0.39 is 5.97 Å². The first-order chi connectivity index (χ1) is 17.0. The van der Waals surface area contributed by atoms with E-state index in [0.29, 0.717) is 24.5 Å². The highest BCUT2D eigenvalue weighted by molar-refractivity contribution is 7.99. The number of carbonyl (C=O) groups excluding carboxylic acids is 2. The van der Waals surface area contributed by atoms with E-state index in [4.69, 9.17) is 4.98 Å². The van der Waals surface area contributed by atoms with Gasteiger partial charge < -0.3 is 15.2 Å². The number of carboxylic acids is 1. The number of aromatic nitrogens is 2. The van der Waals surface area contributed by atoms with Crippen molar-refractivity contribution >= 4 is 45.2 Å². The Labute approximate surface area is 213 Å². The van der Waals surface area contributed by atoms with E-state index in [1.165, 1.54) is 23.1 Å². The molecule has 1 N–H and O–H groups in total. The molecule has 0 unspecified atom stereocenters. The summed E-state index contributed by atoms with van der Waals surface area (Å²) >= 11 is 2.89. The highest BCUT2D eigenvalue weighted by Crippen LogP contribution is 2.34. The maximum absolute atomic E-state index is 13.9. The number of nitrogens with one attached hydrogen (secondary N) is 1. The Kier molecular flexibility index (Phi) is 8.62. The summed E-state index contributed by atoms with van der Waals surface area (Å²) in [5, 5.41) is 14.6. The Bertz CT molecular complexity index is 1280. The quantitative estimate of drug-likeness (QED) is 0.193. The summed E-state index contributed by atoms with van der Waals surface area (Å²) in [5.41, 5.74) is 2.87. The second-order valence-electron chi connectivity index (χ2n) is 8.89. The molecule has 0 atom stereocenters. The number of fused-ring (bicyclic) bond motifs is 3. The number of nitrogens with zero attached hydrogens (tertiary/aromatic N) is 2. The molecular weight excluding hydrogens is 482 g/mol. The van der Waals surface area contributed by atoms with Gasteiger partial charge in [-0.2, -0.15) is 0 Å². The van der Waals surface area contributed by atoms with Gasteiger partial charge in [0.2, 0.25) is 5.91 Å². The zero-order valence-corrected chi connectivity index (χ0v) is 21.6. The van der Waals surface area contributed by atoms with Gasteiger partial charge in [0.15, 0.2) is 5.16 Å². The number of aryl methyl sites for hydroxylation is 3. The van der Waals surface area contributed by atoms with Gasteiger partial charge in [0.25, 0.3) is 5.56 Å². The van der Waals surface area contributed by atoms with Crippen LogP contribution in [0, 0.1) is 6.92 Å². The number of thiophene rings is 1. The molecule has 2 heterocycles. The van der Waals surface area contributed by atoms with Gasteiger partial charge in [-0.15, -0.1) is 11.3 Å². The third-order valence-electron chi connectivity index (χ3n) is 6.28. The third-order valence-corrected chi connectivity index (χ3v) is 8.40. The minimum atomic E-state index is -1.04. The van der Waals surface area contributed by atoms with Crippen LogP contribution in [-0.4, -0.2) is 33.7 Å². The average molecular weight is 513 g/mol. The standard InChI is InChI=1S/C26H31N3O4S2/c1-17-10-7-8-12-19(17)29-25(33)23-18-11-4-2-5-13-20(18)35-24(23)28-26(29)34-16-21(30)27-15-9-3-6-14-22(31)32/h7-8,10,12H,2-6,9,11,13-16H2,1H3,(H,27,30)(H,31,32)/p-1. The van der Waals surface area contributed by atoms with E-state index in [1.54, 1.807) is 15.9 Å². The SMILES string of the molecule is Cc1ccccc1-n1c(SCC(=O)NCCCCCC(=O)[O-])nc2sc3c(c2c1=O)CCCCC3. The lowest BCUT2D eigenvalue weighted by Gasteiger charge is -2.14. The molecule has 9 heteroatoms. The molecule has 1 aliphatic rings. The number of para-hydroxylation sites is 1. The van der Waals surface area contributed by atoms with E-state index in [9.17, 15) is 19.5 Å². The van der Waals surface area contributed by atoms with Gasteiger partial charge >= 0.3 is 0 Å². The molecule has 0 saturated carbocycles. The molecule has 7 nitrogen and oxygen atoms in total. The molecule has 1 aromatic carbocycles. The number of rotatable bonds is 10. The number of thioether (sulfide) groups is 1. The van der Waals surface area contributed by atoms with Gasteiger partial charge in [-0.3, -0.25) is 14.2 Å². The number of unbranched alkanes of at least 4 members (excludes halogenated alkanes) is 2. The first kappa shape index (κ1) is 25.4. The number of hydrogen-bond acceptors (Lipinski definition) is 7. The molecule has 0 spiro atoms. The number of amides is 1. The fourth-order valence-electron chi connectivity index (χ4n) is 4.47. The fourth-order valence-corrected chi connectivity index (χ4v) is 6.60. The summed E-state index contributed by atoms with van der Waals surface area (Å²) in [6, 6.07) is 7.75. The molecule has 0 bridgehead atoms. The average Bonchev–Trinajstić information content (AvgIpc) is 3.01. The topological polar surface area (TPSA) is 104 Å². The number of carboxylic acid groups (broad SMARTS) is 1. The number of benzene rings is 1. The molecule has 3 aromatic rings. The molecule has 1 amide bonds. The van der Waals surface area contributed by atoms with Gasteiger partial charge in [-0.1, -0.05) is 42.8 Å². The highest BCUT2D eigenvalue weighted by Gasteiger charge is 2.23. The highest BCUT2D eigenvalue weighted by atomic mass is 32.2. The summed E-state index contributed by atoms with van der Waals surface area (Å²) in [4.78, 5) is 43.8. The summed E-state index contributed by atoms with van der Waals surface area (Å²) in [7, 11) is 0. The van der Waals surface area contributed by atoms with Crippen LogP contribution in [0.15, 0.2) is 34.2 Å². The van der Waals surface area contributed by atoms with Crippen molar-refractivity contribution < 1.29 is 14.7 Å². The maximum Gasteiger partial charge on any atom is 0.267 e. The van der Waals surface area contributed by atoms with E-state index in [0.717, 1.165) is 59.1 Å². The molecule has 4 rings (SSSR count). The lowest BCUT2D eigenvalue weighted by Crippen LogP contribution is -2.27. The summed E-state index contributed by atoms with van der Waals surface area (Å²) in [5.74, 6) is -1.03. The van der Waals surface area contributed by atoms with Crippen LogP contribution in [0.1, 0.15) is 60.9 Å². The predicted molar refractivity (Wildman–Crippen MR) is 138 cm³/mol. The van der Waals surface area contributed by atoms with Crippen molar-refractivity contribution in [2.45, 2.75) is 69.9 Å². The summed E-state index contributed by atoms with van der Waals surface area (Å²) < 4.78 is 1.67. The van der Waals surface area contributed by atoms with Crippen molar-refractivity contribution in [2.75, 3.05) is 12.3 Å². The van der Waals surface area contributed by atoms with E-state index in [1.807, 2.05) is 31.2 Å². The lowest BCUT2D eigenvalue weighted by molar-refractivity contribution is -0.305. The van der Waals surface area contributed by atoms with Crippen molar-refractivity contribution in [1.29, 1.82) is 0 Å². The zero-order valence-electron chi connectivity index (χ0n) is 19.9. The van der Waals surface area contributed by atoms with E-state index in [-0.39, 0.29) is 23.6 Å². The third kappa shape index (κ3) is 6.13. The Morgan fingerprint density at radius 2 is 1.94 bits per heavy atom. The molecule has 186 valence electrons. The summed E-state index contributed by atoms with van der Waals surface area (Å²) in [6.07, 6.45) is 7.34. The van der Waals surface area contributed by atoms with Crippen molar-refractivity contribution in [2.24, 2.45) is 0 Å². The van der Waals surface area contributed by atoms with Crippen molar-refractivity contribution in [1.82, 2.24) is 14.9 Å². The minimum absolute atomic E-state index is 0.0422. The first-order valence-corrected chi connectivity index (χ1v) is 14.0. The summed E-state index contributed by atoms with van der Waals surface area (Å²) in [6.45, 7) is 2.46. The number of hydrogen-bond donors (Lipinski definition) is 1. The van der Waals surface area contributed by atoms with Crippen LogP contribution < -0.4 is 16.0 Å². The van der Waals surface area contributed by atoms with Crippen LogP contribution in [0.2, 0.25) is 0 Å². The molecule has 0 saturated heterocycles. The second-order valence-corrected chi connectivity index (χ2v) is 10.9. The maximum atomic E-state index is 13.9. The first-order valence-electron chi connectivity index (χ1n) is 12.2. The fraction of sp³-hybridized carbons (Fsp3) is 0.462. The molecule has 0 aliphatic heterocycles. The van der Waals surface area contributed by atoms with Gasteiger partial charge in [0, 0.05) is 17.4 Å². The Morgan fingerprint density at radius 3 is 2.74 bits per heavy atom. The zero-order chi connectivity index (χ0) is 24.8. The molecule has 0 fully saturated rings. The van der Waals surface area contributed by atoms with Gasteiger partial charge in [0.05, 0.1) is 16.8 Å². The van der Waals surface area contributed by atoms with Crippen molar-refractivity contribution in [3.63, 3.8) is 0 Å². The molecule has 0 radical (unpaired) electrons. The van der Waals surface area contributed by atoms with Gasteiger partial charge in [-0.25, -0.2) is 4.98 Å². The van der Waals surface area contributed by atoms with Crippen LogP contribution in [0.5, 0.6) is 0 Å². The molecule has 35 heavy (non-hydrogen) atoms. The van der Waals surface area contributed by atoms with Crippen LogP contribution in [0.25, 0.3) is 15.9 Å². The minimum Gasteiger partial charge on any atom is -0.550 e. The number of aliphatic carboxylic acids is 1. The van der Waals surface area contributed by atoms with Crippen LogP contribution >= 0.6 is 23.1 Å². The Balaban J connectivity index is 1.57. The molecular formula is C26H30N3O4S2-. The molecule has 2 aromatic heterocycles. The lowest BCUT2D eigenvalue weighted by atomic mass is 10.1. The predicted octanol–water partition coefficient (Wildman–Crippen LogP) is 3.54. The monoisotopic (exact) mass is 512 g/mol. The van der Waals surface area contributed by atoms with Crippen LogP contribution in [-0.2, 0) is 22.4 Å². The van der Waals surface area contributed by atoms with Crippen LogP contribution in [0.3, 0.4) is 0 Å². The Morgan fingerprint density at radius 1 is 1.14 bits per heavy atom. The smallest absolute Gasteiger partial charge is 0.267 e. The van der Waals surface area contributed by atoms with Gasteiger partial charge in [0.1, 0.15) is 4.83 Å². The van der Waals surface area contributed by atoms with E-state index in [2.05, 4.69) is 5.32 Å². The Hall–Kier alpha value is -2.65. The van der Waals surface area contributed by atoms with Crippen molar-refractivity contribution in [3.8, 4) is 5.69 Å².